The lowest BCUT2D eigenvalue weighted by Crippen LogP contribution is -1.95. The number of rotatable bonds is 7. The summed E-state index contributed by atoms with van der Waals surface area (Å²) in [5, 5.41) is 12.3. The van der Waals surface area contributed by atoms with Crippen molar-refractivity contribution < 1.29 is 4.74 Å². The SMILES string of the molecule is COCCc1nsc(Sc2nnc(Nc3cccc(Br)c3)s2)n1. The van der Waals surface area contributed by atoms with Crippen LogP contribution in [0.3, 0.4) is 0 Å². The molecule has 0 bridgehead atoms. The van der Waals surface area contributed by atoms with Gasteiger partial charge < -0.3 is 10.1 Å². The van der Waals surface area contributed by atoms with Crippen molar-refractivity contribution in [2.45, 2.75) is 15.1 Å². The van der Waals surface area contributed by atoms with Crippen LogP contribution in [0.25, 0.3) is 0 Å². The second kappa shape index (κ2) is 8.15. The Labute approximate surface area is 154 Å². The Morgan fingerprint density at radius 3 is 3.04 bits per heavy atom. The number of anilines is 2. The van der Waals surface area contributed by atoms with Crippen LogP contribution < -0.4 is 5.32 Å². The highest BCUT2D eigenvalue weighted by molar-refractivity contribution is 9.10. The normalized spacial score (nSPS) is 10.9. The number of aromatic nitrogens is 4. The molecule has 10 heteroatoms. The van der Waals surface area contributed by atoms with Gasteiger partial charge in [-0.25, -0.2) is 4.98 Å². The molecule has 0 radical (unpaired) electrons. The van der Waals surface area contributed by atoms with Gasteiger partial charge in [0.1, 0.15) is 5.82 Å². The molecule has 0 saturated heterocycles. The molecule has 0 atom stereocenters. The zero-order valence-corrected chi connectivity index (χ0v) is 16.1. The Morgan fingerprint density at radius 2 is 2.22 bits per heavy atom. The number of halogens is 1. The van der Waals surface area contributed by atoms with Gasteiger partial charge in [0.2, 0.25) is 5.13 Å². The smallest absolute Gasteiger partial charge is 0.210 e. The molecule has 1 N–H and O–H groups in total. The van der Waals surface area contributed by atoms with E-state index >= 15 is 0 Å². The molecule has 3 aromatic rings. The van der Waals surface area contributed by atoms with Crippen molar-refractivity contribution in [3.05, 3.63) is 34.6 Å². The van der Waals surface area contributed by atoms with E-state index in [0.717, 1.165) is 36.2 Å². The lowest BCUT2D eigenvalue weighted by atomic mass is 10.3. The predicted molar refractivity (Wildman–Crippen MR) is 96.9 cm³/mol. The molecule has 0 amide bonds. The molecular formula is C13H12BrN5OS3. The van der Waals surface area contributed by atoms with Gasteiger partial charge in [0.05, 0.1) is 6.61 Å². The standard InChI is InChI=1S/C13H12BrN5OS3/c1-20-6-5-10-16-12(23-19-10)22-13-18-17-11(21-13)15-9-4-2-3-8(14)7-9/h2-4,7H,5-6H2,1H3,(H,15,17). The minimum Gasteiger partial charge on any atom is -0.384 e. The molecule has 23 heavy (non-hydrogen) atoms. The highest BCUT2D eigenvalue weighted by Gasteiger charge is 2.10. The Balaban J connectivity index is 1.61. The van der Waals surface area contributed by atoms with Gasteiger partial charge in [0, 0.05) is 23.7 Å². The Hall–Kier alpha value is -1.07. The lowest BCUT2D eigenvalue weighted by Gasteiger charge is -2.01. The summed E-state index contributed by atoms with van der Waals surface area (Å²) < 4.78 is 12.0. The zero-order chi connectivity index (χ0) is 16.1. The minimum absolute atomic E-state index is 0.625. The monoisotopic (exact) mass is 429 g/mol. The second-order valence-corrected chi connectivity index (χ2v) is 8.47. The first-order chi connectivity index (χ1) is 11.2. The van der Waals surface area contributed by atoms with E-state index in [9.17, 15) is 0 Å². The van der Waals surface area contributed by atoms with E-state index < -0.39 is 0 Å². The first-order valence-corrected chi connectivity index (χ1v) is 9.78. The van der Waals surface area contributed by atoms with Gasteiger partial charge in [0.25, 0.3) is 0 Å². The van der Waals surface area contributed by atoms with E-state index in [1.165, 1.54) is 34.6 Å². The Bertz CT molecular complexity index is 778. The molecule has 1 aromatic carbocycles. The van der Waals surface area contributed by atoms with Crippen molar-refractivity contribution in [1.29, 1.82) is 0 Å². The van der Waals surface area contributed by atoms with Crippen LogP contribution in [0.1, 0.15) is 5.82 Å². The fraction of sp³-hybridized carbons (Fsp3) is 0.231. The van der Waals surface area contributed by atoms with Crippen LogP contribution in [0.15, 0.2) is 37.4 Å². The first-order valence-electron chi connectivity index (χ1n) is 6.58. The van der Waals surface area contributed by atoms with Crippen molar-refractivity contribution in [2.24, 2.45) is 0 Å². The Kier molecular flexibility index (Phi) is 5.95. The van der Waals surface area contributed by atoms with Crippen molar-refractivity contribution in [2.75, 3.05) is 19.0 Å². The summed E-state index contributed by atoms with van der Waals surface area (Å²) in [6.07, 6.45) is 0.722. The van der Waals surface area contributed by atoms with Crippen molar-refractivity contribution in [3.63, 3.8) is 0 Å². The lowest BCUT2D eigenvalue weighted by molar-refractivity contribution is 0.200. The Morgan fingerprint density at radius 1 is 1.30 bits per heavy atom. The van der Waals surface area contributed by atoms with Crippen molar-refractivity contribution >= 4 is 61.4 Å². The summed E-state index contributed by atoms with van der Waals surface area (Å²) in [6.45, 7) is 0.625. The van der Waals surface area contributed by atoms with Gasteiger partial charge in [-0.05, 0) is 41.5 Å². The summed E-state index contributed by atoms with van der Waals surface area (Å²) in [5.41, 5.74) is 0.963. The first kappa shape index (κ1) is 16.8. The maximum Gasteiger partial charge on any atom is 0.210 e. The third kappa shape index (κ3) is 4.95. The average Bonchev–Trinajstić information content (AvgIpc) is 3.15. The van der Waals surface area contributed by atoms with Crippen LogP contribution in [0.5, 0.6) is 0 Å². The van der Waals surface area contributed by atoms with E-state index in [4.69, 9.17) is 4.74 Å². The summed E-state index contributed by atoms with van der Waals surface area (Å²) in [7, 11) is 1.67. The van der Waals surface area contributed by atoms with Crippen LogP contribution in [0.2, 0.25) is 0 Å². The van der Waals surface area contributed by atoms with Gasteiger partial charge in [-0.1, -0.05) is 33.3 Å². The number of hydrogen-bond acceptors (Lipinski definition) is 9. The van der Waals surface area contributed by atoms with Gasteiger partial charge in [-0.3, -0.25) is 0 Å². The number of methoxy groups -OCH3 is 1. The van der Waals surface area contributed by atoms with Crippen LogP contribution in [0.4, 0.5) is 10.8 Å². The minimum atomic E-state index is 0.625. The molecule has 0 unspecified atom stereocenters. The van der Waals surface area contributed by atoms with Crippen molar-refractivity contribution in [3.8, 4) is 0 Å². The quantitative estimate of drug-likeness (QED) is 0.601. The molecule has 2 aromatic heterocycles. The molecular weight excluding hydrogens is 418 g/mol. The van der Waals surface area contributed by atoms with Crippen LogP contribution in [-0.4, -0.2) is 33.3 Å². The highest BCUT2D eigenvalue weighted by atomic mass is 79.9. The average molecular weight is 430 g/mol. The summed E-state index contributed by atoms with van der Waals surface area (Å²) in [4.78, 5) is 4.45. The van der Waals surface area contributed by atoms with Gasteiger partial charge in [-0.2, -0.15) is 4.37 Å². The summed E-state index contributed by atoms with van der Waals surface area (Å²) in [6, 6.07) is 7.90. The van der Waals surface area contributed by atoms with Crippen molar-refractivity contribution in [1.82, 2.24) is 19.6 Å². The number of hydrogen-bond donors (Lipinski definition) is 1. The molecule has 0 saturated carbocycles. The van der Waals surface area contributed by atoms with Gasteiger partial charge in [0.15, 0.2) is 8.68 Å². The van der Waals surface area contributed by atoms with E-state index in [2.05, 4.69) is 40.8 Å². The second-order valence-electron chi connectivity index (χ2n) is 4.33. The number of nitrogens with one attached hydrogen (secondary N) is 1. The van der Waals surface area contributed by atoms with E-state index in [1.807, 2.05) is 24.3 Å². The predicted octanol–water partition coefficient (Wildman–Crippen LogP) is 4.24. The maximum atomic E-state index is 5.03. The molecule has 0 aliphatic heterocycles. The van der Waals surface area contributed by atoms with E-state index in [1.54, 1.807) is 7.11 Å². The van der Waals surface area contributed by atoms with Crippen LogP contribution in [0, 0.1) is 0 Å². The molecule has 6 nitrogen and oxygen atoms in total. The van der Waals surface area contributed by atoms with Crippen LogP contribution >= 0.6 is 50.6 Å². The third-order valence-corrected chi connectivity index (χ3v) is 5.81. The highest BCUT2D eigenvalue weighted by Crippen LogP contribution is 2.34. The molecule has 0 spiro atoms. The third-order valence-electron chi connectivity index (χ3n) is 2.64. The molecule has 0 aliphatic rings. The van der Waals surface area contributed by atoms with Crippen LogP contribution in [-0.2, 0) is 11.2 Å². The molecule has 2 heterocycles. The molecule has 3 rings (SSSR count). The summed E-state index contributed by atoms with van der Waals surface area (Å²) >= 11 is 7.77. The largest absolute Gasteiger partial charge is 0.384 e. The summed E-state index contributed by atoms with van der Waals surface area (Å²) in [5.74, 6) is 0.802. The molecule has 0 fully saturated rings. The van der Waals surface area contributed by atoms with Gasteiger partial charge >= 0.3 is 0 Å². The van der Waals surface area contributed by atoms with E-state index in [0.29, 0.717) is 6.61 Å². The van der Waals surface area contributed by atoms with E-state index in [-0.39, 0.29) is 0 Å². The molecule has 0 aliphatic carbocycles. The zero-order valence-electron chi connectivity index (χ0n) is 12.0. The molecule has 120 valence electrons. The number of benzene rings is 1. The number of nitrogens with zero attached hydrogens (tertiary/aromatic N) is 4. The maximum absolute atomic E-state index is 5.03. The fourth-order valence-corrected chi connectivity index (χ4v) is 4.68. The topological polar surface area (TPSA) is 72.8 Å². The number of ether oxygens (including phenoxy) is 1. The fourth-order valence-electron chi connectivity index (χ4n) is 1.64. The van der Waals surface area contributed by atoms with Gasteiger partial charge in [-0.15, -0.1) is 10.2 Å².